The van der Waals surface area contributed by atoms with Gasteiger partial charge in [-0.2, -0.15) is 0 Å². The molecule has 0 radical (unpaired) electrons. The summed E-state index contributed by atoms with van der Waals surface area (Å²) in [5, 5.41) is 3.25. The van der Waals surface area contributed by atoms with Gasteiger partial charge < -0.3 is 15.8 Å². The van der Waals surface area contributed by atoms with Crippen LogP contribution in [-0.4, -0.2) is 25.8 Å². The fraction of sp³-hybridized carbons (Fsp3) is 0.462. The van der Waals surface area contributed by atoms with E-state index in [1.54, 1.807) is 0 Å². The van der Waals surface area contributed by atoms with E-state index in [4.69, 9.17) is 5.73 Å². The summed E-state index contributed by atoms with van der Waals surface area (Å²) in [6, 6.07) is 10.3. The maximum Gasteiger partial charge on any atom is 0.404 e. The average Bonchev–Trinajstić information content (AvgIpc) is 2.29. The Balaban J connectivity index is 2.33. The highest BCUT2D eigenvalue weighted by molar-refractivity contribution is 5.64. The van der Waals surface area contributed by atoms with Crippen LogP contribution in [-0.2, 0) is 10.2 Å². The van der Waals surface area contributed by atoms with Crippen molar-refractivity contribution in [3.05, 3.63) is 35.9 Å². The first kappa shape index (κ1) is 13.5. The number of primary amides is 1. The molecule has 0 unspecified atom stereocenters. The predicted octanol–water partition coefficient (Wildman–Crippen LogP) is 1.65. The van der Waals surface area contributed by atoms with Crippen LogP contribution in [0.2, 0.25) is 0 Å². The van der Waals surface area contributed by atoms with Gasteiger partial charge in [0.25, 0.3) is 0 Å². The quantitative estimate of drug-likeness (QED) is 0.738. The van der Waals surface area contributed by atoms with Gasteiger partial charge in [-0.25, -0.2) is 4.79 Å². The molecular formula is C13H20N2O2. The molecule has 3 N–H and O–H groups in total. The van der Waals surface area contributed by atoms with Gasteiger partial charge in [0.15, 0.2) is 0 Å². The average molecular weight is 236 g/mol. The van der Waals surface area contributed by atoms with E-state index in [1.807, 2.05) is 18.2 Å². The van der Waals surface area contributed by atoms with Crippen LogP contribution in [0, 0.1) is 0 Å². The third kappa shape index (κ3) is 4.87. The lowest BCUT2D eigenvalue weighted by Crippen LogP contribution is -2.35. The molecule has 0 aliphatic heterocycles. The van der Waals surface area contributed by atoms with Gasteiger partial charge in [-0.3, -0.25) is 0 Å². The molecule has 4 heteroatoms. The Morgan fingerprint density at radius 2 is 2.00 bits per heavy atom. The molecule has 0 saturated heterocycles. The van der Waals surface area contributed by atoms with Crippen LogP contribution in [0.25, 0.3) is 0 Å². The number of ether oxygens (including phenoxy) is 1. The maximum atomic E-state index is 10.4. The summed E-state index contributed by atoms with van der Waals surface area (Å²) in [6.45, 7) is 6.08. The second-order valence-corrected chi connectivity index (χ2v) is 4.59. The van der Waals surface area contributed by atoms with E-state index in [0.717, 1.165) is 6.54 Å². The van der Waals surface area contributed by atoms with Crippen molar-refractivity contribution in [3.8, 4) is 0 Å². The highest BCUT2D eigenvalue weighted by Gasteiger charge is 2.19. The van der Waals surface area contributed by atoms with Crippen molar-refractivity contribution >= 4 is 6.09 Å². The molecule has 0 spiro atoms. The Kier molecular flexibility index (Phi) is 4.97. The number of nitrogens with one attached hydrogen (secondary N) is 1. The van der Waals surface area contributed by atoms with Crippen molar-refractivity contribution < 1.29 is 9.53 Å². The van der Waals surface area contributed by atoms with Gasteiger partial charge in [0.05, 0.1) is 0 Å². The van der Waals surface area contributed by atoms with Gasteiger partial charge in [-0.1, -0.05) is 44.2 Å². The summed E-state index contributed by atoms with van der Waals surface area (Å²) in [6.07, 6.45) is -0.728. The smallest absolute Gasteiger partial charge is 0.404 e. The fourth-order valence-electron chi connectivity index (χ4n) is 1.62. The molecule has 0 fully saturated rings. The number of nitrogens with two attached hydrogens (primary N) is 1. The standard InChI is InChI=1S/C13H20N2O2/c1-13(2,11-6-4-3-5-7-11)10-15-8-9-17-12(14)16/h3-7,15H,8-10H2,1-2H3,(H2,14,16). The van der Waals surface area contributed by atoms with Crippen molar-refractivity contribution in [2.45, 2.75) is 19.3 Å². The van der Waals surface area contributed by atoms with Gasteiger partial charge >= 0.3 is 6.09 Å². The normalized spacial score (nSPS) is 11.2. The van der Waals surface area contributed by atoms with Crippen molar-refractivity contribution in [1.29, 1.82) is 0 Å². The number of hydrogen-bond acceptors (Lipinski definition) is 3. The molecule has 0 saturated carbocycles. The fourth-order valence-corrected chi connectivity index (χ4v) is 1.62. The van der Waals surface area contributed by atoms with E-state index >= 15 is 0 Å². The van der Waals surface area contributed by atoms with Crippen molar-refractivity contribution in [1.82, 2.24) is 5.32 Å². The number of carbonyl (C=O) groups excluding carboxylic acids is 1. The predicted molar refractivity (Wildman–Crippen MR) is 67.9 cm³/mol. The van der Waals surface area contributed by atoms with Gasteiger partial charge in [-0.05, 0) is 5.56 Å². The van der Waals surface area contributed by atoms with Gasteiger partial charge in [0.1, 0.15) is 6.61 Å². The zero-order valence-electron chi connectivity index (χ0n) is 10.4. The number of carbonyl (C=O) groups is 1. The minimum absolute atomic E-state index is 0.0496. The second-order valence-electron chi connectivity index (χ2n) is 4.59. The number of benzene rings is 1. The molecular weight excluding hydrogens is 216 g/mol. The first-order valence-electron chi connectivity index (χ1n) is 5.71. The van der Waals surface area contributed by atoms with E-state index in [1.165, 1.54) is 5.56 Å². The van der Waals surface area contributed by atoms with E-state index in [-0.39, 0.29) is 5.41 Å². The van der Waals surface area contributed by atoms with Crippen LogP contribution in [0.4, 0.5) is 4.79 Å². The minimum atomic E-state index is -0.728. The molecule has 0 atom stereocenters. The Hall–Kier alpha value is -1.55. The molecule has 1 aromatic rings. The van der Waals surface area contributed by atoms with E-state index in [2.05, 4.69) is 36.0 Å². The van der Waals surface area contributed by atoms with E-state index in [0.29, 0.717) is 13.2 Å². The van der Waals surface area contributed by atoms with Crippen LogP contribution in [0.1, 0.15) is 19.4 Å². The maximum absolute atomic E-state index is 10.4. The topological polar surface area (TPSA) is 64.3 Å². The largest absolute Gasteiger partial charge is 0.448 e. The Labute approximate surface area is 102 Å². The summed E-state index contributed by atoms with van der Waals surface area (Å²) < 4.78 is 4.64. The van der Waals surface area contributed by atoms with E-state index in [9.17, 15) is 4.79 Å². The minimum Gasteiger partial charge on any atom is -0.448 e. The number of amides is 1. The van der Waals surface area contributed by atoms with Crippen molar-refractivity contribution in [2.24, 2.45) is 5.73 Å². The zero-order chi connectivity index (χ0) is 12.7. The highest BCUT2D eigenvalue weighted by Crippen LogP contribution is 2.21. The summed E-state index contributed by atoms with van der Waals surface area (Å²) in [7, 11) is 0. The molecule has 4 nitrogen and oxygen atoms in total. The molecule has 0 aliphatic rings. The first-order valence-corrected chi connectivity index (χ1v) is 5.71. The van der Waals surface area contributed by atoms with Crippen LogP contribution in [0.5, 0.6) is 0 Å². The Bertz CT molecular complexity index is 350. The molecule has 94 valence electrons. The van der Waals surface area contributed by atoms with Crippen LogP contribution < -0.4 is 11.1 Å². The summed E-state index contributed by atoms with van der Waals surface area (Å²) in [5.41, 5.74) is 6.19. The molecule has 0 aromatic heterocycles. The number of hydrogen-bond donors (Lipinski definition) is 2. The Morgan fingerprint density at radius 3 is 2.59 bits per heavy atom. The highest BCUT2D eigenvalue weighted by atomic mass is 16.5. The van der Waals surface area contributed by atoms with E-state index < -0.39 is 6.09 Å². The molecule has 0 bridgehead atoms. The van der Waals surface area contributed by atoms with Crippen LogP contribution in [0.15, 0.2) is 30.3 Å². The lowest BCUT2D eigenvalue weighted by atomic mass is 9.85. The number of rotatable bonds is 6. The zero-order valence-corrected chi connectivity index (χ0v) is 10.4. The van der Waals surface area contributed by atoms with Crippen molar-refractivity contribution in [2.75, 3.05) is 19.7 Å². The molecule has 1 aromatic carbocycles. The second kappa shape index (κ2) is 6.25. The van der Waals surface area contributed by atoms with Gasteiger partial charge in [0.2, 0.25) is 0 Å². The monoisotopic (exact) mass is 236 g/mol. The lowest BCUT2D eigenvalue weighted by molar-refractivity contribution is 0.157. The molecule has 1 rings (SSSR count). The summed E-state index contributed by atoms with van der Waals surface area (Å²) >= 11 is 0. The lowest BCUT2D eigenvalue weighted by Gasteiger charge is -2.25. The van der Waals surface area contributed by atoms with Crippen LogP contribution in [0.3, 0.4) is 0 Å². The van der Waals surface area contributed by atoms with Crippen LogP contribution >= 0.6 is 0 Å². The molecule has 17 heavy (non-hydrogen) atoms. The van der Waals surface area contributed by atoms with Gasteiger partial charge in [0, 0.05) is 18.5 Å². The third-order valence-electron chi connectivity index (χ3n) is 2.65. The SMILES string of the molecule is CC(C)(CNCCOC(N)=O)c1ccccc1. The molecule has 0 aliphatic carbocycles. The third-order valence-corrected chi connectivity index (χ3v) is 2.65. The molecule has 1 amide bonds. The van der Waals surface area contributed by atoms with Gasteiger partial charge in [-0.15, -0.1) is 0 Å². The summed E-state index contributed by atoms with van der Waals surface area (Å²) in [4.78, 5) is 10.4. The Morgan fingerprint density at radius 1 is 1.35 bits per heavy atom. The molecule has 0 heterocycles. The summed E-state index contributed by atoms with van der Waals surface area (Å²) in [5.74, 6) is 0. The first-order chi connectivity index (χ1) is 8.02. The van der Waals surface area contributed by atoms with Crippen molar-refractivity contribution in [3.63, 3.8) is 0 Å².